The number of hydrogen-bond acceptors (Lipinski definition) is 3. The summed E-state index contributed by atoms with van der Waals surface area (Å²) in [6.45, 7) is 3.42. The van der Waals surface area contributed by atoms with Crippen LogP contribution < -0.4 is 0 Å². The van der Waals surface area contributed by atoms with E-state index in [1.165, 1.54) is 0 Å². The van der Waals surface area contributed by atoms with Gasteiger partial charge in [0.1, 0.15) is 5.82 Å². The summed E-state index contributed by atoms with van der Waals surface area (Å²) in [6.07, 6.45) is 2.09. The minimum Gasteiger partial charge on any atom is -0.334 e. The summed E-state index contributed by atoms with van der Waals surface area (Å²) < 4.78 is 3.04. The first-order chi connectivity index (χ1) is 10.0. The second kappa shape index (κ2) is 5.60. The minimum atomic E-state index is -0.00486. The zero-order valence-corrected chi connectivity index (χ0v) is 13.7. The number of benzene rings is 1. The zero-order chi connectivity index (χ0) is 15.0. The largest absolute Gasteiger partial charge is 0.334 e. The molecule has 0 radical (unpaired) electrons. The maximum atomic E-state index is 12.5. The standard InChI is InChI=1S/C15H17BrN4O/c1-10-6-11(8-12(16)7-10)15(21)19(2)9-14-18-17-13-4-3-5-20(13)14/h6-8H,3-5,9H2,1-2H3. The Hall–Kier alpha value is -1.69. The van der Waals surface area contributed by atoms with Crippen LogP contribution in [0.1, 0.15) is 34.0 Å². The average molecular weight is 349 g/mol. The molecular weight excluding hydrogens is 332 g/mol. The summed E-state index contributed by atoms with van der Waals surface area (Å²) in [7, 11) is 1.80. The Balaban J connectivity index is 1.78. The van der Waals surface area contributed by atoms with Crippen LogP contribution in [0.15, 0.2) is 22.7 Å². The van der Waals surface area contributed by atoms with Crippen LogP contribution in [-0.2, 0) is 19.5 Å². The molecule has 0 aliphatic carbocycles. The van der Waals surface area contributed by atoms with E-state index in [0.717, 1.165) is 41.1 Å². The molecule has 6 heteroatoms. The zero-order valence-electron chi connectivity index (χ0n) is 12.1. The highest BCUT2D eigenvalue weighted by atomic mass is 79.9. The summed E-state index contributed by atoms with van der Waals surface area (Å²) in [6, 6.07) is 5.74. The fourth-order valence-electron chi connectivity index (χ4n) is 2.69. The van der Waals surface area contributed by atoms with E-state index in [4.69, 9.17) is 0 Å². The van der Waals surface area contributed by atoms with Gasteiger partial charge in [-0.05, 0) is 37.1 Å². The Morgan fingerprint density at radius 3 is 2.95 bits per heavy atom. The van der Waals surface area contributed by atoms with Crippen molar-refractivity contribution < 1.29 is 4.79 Å². The van der Waals surface area contributed by atoms with Crippen molar-refractivity contribution in [2.45, 2.75) is 32.9 Å². The summed E-state index contributed by atoms with van der Waals surface area (Å²) in [5.74, 6) is 1.89. The molecule has 1 aliphatic rings. The third kappa shape index (κ3) is 2.85. The first-order valence-electron chi connectivity index (χ1n) is 6.98. The number of aromatic nitrogens is 3. The summed E-state index contributed by atoms with van der Waals surface area (Å²) in [5.41, 5.74) is 1.75. The molecular formula is C15H17BrN4O. The maximum absolute atomic E-state index is 12.5. The first kappa shape index (κ1) is 14.3. The van der Waals surface area contributed by atoms with Gasteiger partial charge >= 0.3 is 0 Å². The summed E-state index contributed by atoms with van der Waals surface area (Å²) in [5, 5.41) is 8.38. The van der Waals surface area contributed by atoms with Crippen LogP contribution in [-0.4, -0.2) is 32.6 Å². The van der Waals surface area contributed by atoms with Crippen molar-refractivity contribution in [1.29, 1.82) is 0 Å². The molecule has 0 unspecified atom stereocenters. The second-order valence-electron chi connectivity index (χ2n) is 5.47. The monoisotopic (exact) mass is 348 g/mol. The molecule has 110 valence electrons. The highest BCUT2D eigenvalue weighted by Crippen LogP contribution is 2.18. The van der Waals surface area contributed by atoms with Crippen molar-refractivity contribution in [3.63, 3.8) is 0 Å². The summed E-state index contributed by atoms with van der Waals surface area (Å²) >= 11 is 3.43. The molecule has 0 N–H and O–H groups in total. The number of amides is 1. The number of hydrogen-bond donors (Lipinski definition) is 0. The smallest absolute Gasteiger partial charge is 0.254 e. The van der Waals surface area contributed by atoms with Gasteiger partial charge in [0.05, 0.1) is 6.54 Å². The lowest BCUT2D eigenvalue weighted by atomic mass is 10.1. The van der Waals surface area contributed by atoms with Gasteiger partial charge in [0.25, 0.3) is 5.91 Å². The predicted molar refractivity (Wildman–Crippen MR) is 83.0 cm³/mol. The fraction of sp³-hybridized carbons (Fsp3) is 0.400. The van der Waals surface area contributed by atoms with E-state index >= 15 is 0 Å². The molecule has 1 aliphatic heterocycles. The van der Waals surface area contributed by atoms with Crippen molar-refractivity contribution in [3.8, 4) is 0 Å². The first-order valence-corrected chi connectivity index (χ1v) is 7.77. The van der Waals surface area contributed by atoms with Gasteiger partial charge in [-0.2, -0.15) is 0 Å². The van der Waals surface area contributed by atoms with Crippen LogP contribution in [0.4, 0.5) is 0 Å². The van der Waals surface area contributed by atoms with Gasteiger partial charge in [0.2, 0.25) is 0 Å². The highest BCUT2D eigenvalue weighted by Gasteiger charge is 2.20. The topological polar surface area (TPSA) is 51.0 Å². The van der Waals surface area contributed by atoms with Gasteiger partial charge in [0, 0.05) is 30.0 Å². The third-order valence-electron chi connectivity index (χ3n) is 3.70. The lowest BCUT2D eigenvalue weighted by Crippen LogP contribution is -2.27. The van der Waals surface area contributed by atoms with Crippen molar-refractivity contribution in [3.05, 3.63) is 45.4 Å². The molecule has 0 fully saturated rings. The van der Waals surface area contributed by atoms with Gasteiger partial charge in [-0.1, -0.05) is 15.9 Å². The van der Waals surface area contributed by atoms with Crippen LogP contribution in [0.3, 0.4) is 0 Å². The van der Waals surface area contributed by atoms with Crippen LogP contribution in [0.2, 0.25) is 0 Å². The lowest BCUT2D eigenvalue weighted by molar-refractivity contribution is 0.0780. The van der Waals surface area contributed by atoms with Crippen LogP contribution in [0.25, 0.3) is 0 Å². The molecule has 1 aromatic heterocycles. The maximum Gasteiger partial charge on any atom is 0.254 e. The molecule has 0 atom stereocenters. The van der Waals surface area contributed by atoms with Gasteiger partial charge in [-0.15, -0.1) is 10.2 Å². The normalized spacial score (nSPS) is 13.3. The van der Waals surface area contributed by atoms with Gasteiger partial charge in [-0.3, -0.25) is 4.79 Å². The van der Waals surface area contributed by atoms with E-state index in [1.807, 2.05) is 25.1 Å². The van der Waals surface area contributed by atoms with Gasteiger partial charge in [0.15, 0.2) is 5.82 Å². The summed E-state index contributed by atoms with van der Waals surface area (Å²) in [4.78, 5) is 14.2. The lowest BCUT2D eigenvalue weighted by Gasteiger charge is -2.17. The molecule has 0 bridgehead atoms. The molecule has 0 saturated carbocycles. The Kier molecular flexibility index (Phi) is 3.80. The molecule has 0 spiro atoms. The predicted octanol–water partition coefficient (Wildman–Crippen LogP) is 2.57. The second-order valence-corrected chi connectivity index (χ2v) is 6.38. The molecule has 0 saturated heterocycles. The third-order valence-corrected chi connectivity index (χ3v) is 4.16. The van der Waals surface area contributed by atoms with Crippen molar-refractivity contribution in [2.75, 3.05) is 7.05 Å². The Bertz CT molecular complexity index is 675. The Morgan fingerprint density at radius 2 is 2.19 bits per heavy atom. The van der Waals surface area contributed by atoms with Crippen molar-refractivity contribution in [2.24, 2.45) is 0 Å². The van der Waals surface area contributed by atoms with E-state index in [9.17, 15) is 4.79 Å². The van der Waals surface area contributed by atoms with Gasteiger partial charge in [-0.25, -0.2) is 0 Å². The van der Waals surface area contributed by atoms with E-state index in [-0.39, 0.29) is 5.91 Å². The molecule has 1 aromatic carbocycles. The molecule has 2 aromatic rings. The number of halogens is 1. The fourth-order valence-corrected chi connectivity index (χ4v) is 3.30. The van der Waals surface area contributed by atoms with E-state index in [1.54, 1.807) is 11.9 Å². The molecule has 3 rings (SSSR count). The van der Waals surface area contributed by atoms with Gasteiger partial charge < -0.3 is 9.47 Å². The molecule has 2 heterocycles. The van der Waals surface area contributed by atoms with Crippen LogP contribution in [0.5, 0.6) is 0 Å². The van der Waals surface area contributed by atoms with E-state index < -0.39 is 0 Å². The number of carbonyl (C=O) groups excluding carboxylic acids is 1. The van der Waals surface area contributed by atoms with E-state index in [2.05, 4.69) is 30.7 Å². The number of carbonyl (C=O) groups is 1. The van der Waals surface area contributed by atoms with Crippen molar-refractivity contribution >= 4 is 21.8 Å². The molecule has 21 heavy (non-hydrogen) atoms. The van der Waals surface area contributed by atoms with Crippen LogP contribution in [0, 0.1) is 6.92 Å². The number of rotatable bonds is 3. The van der Waals surface area contributed by atoms with Crippen LogP contribution >= 0.6 is 15.9 Å². The quantitative estimate of drug-likeness (QED) is 0.856. The Labute approximate surface area is 132 Å². The molecule has 5 nitrogen and oxygen atoms in total. The minimum absolute atomic E-state index is 0.00486. The number of aryl methyl sites for hydroxylation is 2. The van der Waals surface area contributed by atoms with Crippen molar-refractivity contribution in [1.82, 2.24) is 19.7 Å². The number of nitrogens with zero attached hydrogens (tertiary/aromatic N) is 4. The average Bonchev–Trinajstić information content (AvgIpc) is 3.01. The SMILES string of the molecule is Cc1cc(Br)cc(C(=O)N(C)Cc2nnc3n2CCC3)c1. The number of fused-ring (bicyclic) bond motifs is 1. The highest BCUT2D eigenvalue weighted by molar-refractivity contribution is 9.10. The van der Waals surface area contributed by atoms with E-state index in [0.29, 0.717) is 12.1 Å². The Morgan fingerprint density at radius 1 is 1.38 bits per heavy atom. The molecule has 1 amide bonds.